The summed E-state index contributed by atoms with van der Waals surface area (Å²) >= 11 is 1.30. The number of benzene rings is 1. The van der Waals surface area contributed by atoms with Gasteiger partial charge in [0.25, 0.3) is 5.91 Å². The molecule has 0 bridgehead atoms. The molecule has 1 aromatic heterocycles. The first-order valence-electron chi connectivity index (χ1n) is 7.59. The van der Waals surface area contributed by atoms with Gasteiger partial charge >= 0.3 is 0 Å². The summed E-state index contributed by atoms with van der Waals surface area (Å²) in [6.45, 7) is 2.02. The fourth-order valence-corrected chi connectivity index (χ4v) is 3.33. The Hall–Kier alpha value is -3.06. The number of rotatable bonds is 2. The smallest absolute Gasteiger partial charge is 0.282 e. The summed E-state index contributed by atoms with van der Waals surface area (Å²) in [6, 6.07) is 11.5. The van der Waals surface area contributed by atoms with Gasteiger partial charge in [-0.25, -0.2) is 0 Å². The number of hydrogen-bond acceptors (Lipinski definition) is 5. The van der Waals surface area contributed by atoms with E-state index in [1.807, 2.05) is 31.2 Å². The summed E-state index contributed by atoms with van der Waals surface area (Å²) in [5.74, 6) is -0.401. The van der Waals surface area contributed by atoms with E-state index in [4.69, 9.17) is 5.41 Å². The van der Waals surface area contributed by atoms with Gasteiger partial charge in [-0.2, -0.15) is 15.1 Å². The lowest BCUT2D eigenvalue weighted by Crippen LogP contribution is -2.35. The van der Waals surface area contributed by atoms with Crippen LogP contribution in [0.3, 0.4) is 0 Å². The SMILES string of the molecule is Cc1ccc(C2=NN3C(=N)/C(=C/c4ccncc4)C(=O)N=C3S2)cc1. The van der Waals surface area contributed by atoms with E-state index in [1.54, 1.807) is 30.6 Å². The number of aryl methyl sites for hydroxylation is 1. The molecule has 2 aliphatic heterocycles. The lowest BCUT2D eigenvalue weighted by molar-refractivity contribution is -0.114. The lowest BCUT2D eigenvalue weighted by Gasteiger charge is -2.20. The quantitative estimate of drug-likeness (QED) is 0.847. The van der Waals surface area contributed by atoms with E-state index in [1.165, 1.54) is 16.8 Å². The summed E-state index contributed by atoms with van der Waals surface area (Å²) in [6.07, 6.45) is 4.91. The summed E-state index contributed by atoms with van der Waals surface area (Å²) in [4.78, 5) is 20.4. The first-order valence-corrected chi connectivity index (χ1v) is 8.41. The molecule has 1 N–H and O–H groups in total. The molecule has 0 saturated heterocycles. The molecular weight excluding hydrogens is 334 g/mol. The zero-order chi connectivity index (χ0) is 17.4. The van der Waals surface area contributed by atoms with Crippen molar-refractivity contribution >= 4 is 39.8 Å². The van der Waals surface area contributed by atoms with Crippen LogP contribution in [0.2, 0.25) is 0 Å². The van der Waals surface area contributed by atoms with Crippen LogP contribution in [-0.2, 0) is 4.79 Å². The van der Waals surface area contributed by atoms with E-state index < -0.39 is 5.91 Å². The van der Waals surface area contributed by atoms with Crippen molar-refractivity contribution in [3.63, 3.8) is 0 Å². The van der Waals surface area contributed by atoms with Gasteiger partial charge in [-0.15, -0.1) is 0 Å². The number of aromatic nitrogens is 1. The summed E-state index contributed by atoms with van der Waals surface area (Å²) in [7, 11) is 0. The lowest BCUT2D eigenvalue weighted by atomic mass is 10.1. The molecule has 0 aliphatic carbocycles. The summed E-state index contributed by atoms with van der Waals surface area (Å²) in [5, 5.41) is 15.4. The highest BCUT2D eigenvalue weighted by Gasteiger charge is 2.35. The molecule has 0 atom stereocenters. The van der Waals surface area contributed by atoms with Crippen LogP contribution in [0.15, 0.2) is 64.5 Å². The minimum Gasteiger partial charge on any atom is -0.282 e. The second-order valence-corrected chi connectivity index (χ2v) is 6.53. The topological polar surface area (TPSA) is 81.8 Å². The minimum absolute atomic E-state index is 0.0291. The molecular formula is C18H13N5OS. The predicted molar refractivity (Wildman–Crippen MR) is 99.5 cm³/mol. The monoisotopic (exact) mass is 347 g/mol. The number of carbonyl (C=O) groups is 1. The third-order valence-corrected chi connectivity index (χ3v) is 4.73. The average molecular weight is 347 g/mol. The fourth-order valence-electron chi connectivity index (χ4n) is 2.43. The van der Waals surface area contributed by atoms with E-state index in [-0.39, 0.29) is 11.4 Å². The Morgan fingerprint density at radius 1 is 1.12 bits per heavy atom. The zero-order valence-electron chi connectivity index (χ0n) is 13.3. The number of nitrogens with one attached hydrogen (secondary N) is 1. The van der Waals surface area contributed by atoms with Gasteiger partial charge in [0.15, 0.2) is 5.84 Å². The maximum Gasteiger partial charge on any atom is 0.283 e. The Labute approximate surface area is 148 Å². The van der Waals surface area contributed by atoms with E-state index in [2.05, 4.69) is 15.1 Å². The Bertz CT molecular complexity index is 961. The van der Waals surface area contributed by atoms with Gasteiger partial charge in [-0.3, -0.25) is 15.2 Å². The van der Waals surface area contributed by atoms with E-state index >= 15 is 0 Å². The molecule has 122 valence electrons. The van der Waals surface area contributed by atoms with Crippen LogP contribution in [0.25, 0.3) is 6.08 Å². The van der Waals surface area contributed by atoms with Crippen molar-refractivity contribution in [2.75, 3.05) is 0 Å². The molecule has 2 aliphatic rings. The predicted octanol–water partition coefficient (Wildman–Crippen LogP) is 3.06. The van der Waals surface area contributed by atoms with E-state index in [0.29, 0.717) is 5.17 Å². The van der Waals surface area contributed by atoms with Crippen LogP contribution in [0.5, 0.6) is 0 Å². The number of nitrogens with zero attached hydrogens (tertiary/aromatic N) is 4. The maximum atomic E-state index is 12.3. The van der Waals surface area contributed by atoms with E-state index in [0.717, 1.165) is 21.7 Å². The molecule has 0 saturated carbocycles. The molecule has 25 heavy (non-hydrogen) atoms. The van der Waals surface area contributed by atoms with Crippen LogP contribution in [0.4, 0.5) is 0 Å². The summed E-state index contributed by atoms with van der Waals surface area (Å²) < 4.78 is 0. The van der Waals surface area contributed by atoms with Crippen LogP contribution in [0.1, 0.15) is 16.7 Å². The molecule has 0 spiro atoms. The van der Waals surface area contributed by atoms with Gasteiger partial charge < -0.3 is 0 Å². The zero-order valence-corrected chi connectivity index (χ0v) is 14.1. The van der Waals surface area contributed by atoms with Crippen LogP contribution in [0, 0.1) is 12.3 Å². The van der Waals surface area contributed by atoms with Gasteiger partial charge in [0, 0.05) is 18.0 Å². The molecule has 7 heteroatoms. The number of hydrazone groups is 1. The fraction of sp³-hybridized carbons (Fsp3) is 0.0556. The second kappa shape index (κ2) is 6.10. The number of amides is 1. The number of fused-ring (bicyclic) bond motifs is 1. The van der Waals surface area contributed by atoms with Gasteiger partial charge in [-0.05, 0) is 42.5 Å². The Morgan fingerprint density at radius 3 is 2.56 bits per heavy atom. The molecule has 6 nitrogen and oxygen atoms in total. The first kappa shape index (κ1) is 15.5. The molecule has 0 unspecified atom stereocenters. The second-order valence-electron chi connectivity index (χ2n) is 5.57. The molecule has 1 aromatic carbocycles. The van der Waals surface area contributed by atoms with Gasteiger partial charge in [-0.1, -0.05) is 29.8 Å². The van der Waals surface area contributed by atoms with Crippen molar-refractivity contribution in [2.24, 2.45) is 10.1 Å². The Balaban J connectivity index is 1.69. The van der Waals surface area contributed by atoms with Crippen molar-refractivity contribution in [1.29, 1.82) is 5.41 Å². The molecule has 0 fully saturated rings. The highest BCUT2D eigenvalue weighted by molar-refractivity contribution is 8.27. The maximum absolute atomic E-state index is 12.3. The van der Waals surface area contributed by atoms with Gasteiger partial charge in [0.2, 0.25) is 5.17 Å². The highest BCUT2D eigenvalue weighted by Crippen LogP contribution is 2.30. The van der Waals surface area contributed by atoms with Crippen molar-refractivity contribution < 1.29 is 4.79 Å². The Kier molecular flexibility index (Phi) is 3.77. The van der Waals surface area contributed by atoms with Crippen LogP contribution < -0.4 is 0 Å². The number of aliphatic imine (C=N–C) groups is 1. The minimum atomic E-state index is -0.430. The highest BCUT2D eigenvalue weighted by atomic mass is 32.2. The van der Waals surface area contributed by atoms with Gasteiger partial charge in [0.1, 0.15) is 5.04 Å². The van der Waals surface area contributed by atoms with Gasteiger partial charge in [0.05, 0.1) is 5.57 Å². The first-order chi connectivity index (χ1) is 12.1. The molecule has 4 rings (SSSR count). The number of pyridine rings is 1. The largest absolute Gasteiger partial charge is 0.283 e. The third-order valence-electron chi connectivity index (χ3n) is 3.77. The van der Waals surface area contributed by atoms with Crippen molar-refractivity contribution in [3.05, 3.63) is 71.1 Å². The number of carbonyl (C=O) groups excluding carboxylic acids is 1. The third kappa shape index (κ3) is 2.89. The standard InChI is InChI=1S/C18H13N5OS/c1-11-2-4-13(5-3-11)17-22-23-15(19)14(16(24)21-18(23)25-17)10-12-6-8-20-9-7-12/h2-10,19H,1H3/b14-10-,19-15?. The number of thioether (sulfide) groups is 1. The van der Waals surface area contributed by atoms with Crippen LogP contribution >= 0.6 is 11.8 Å². The average Bonchev–Trinajstić information content (AvgIpc) is 3.04. The van der Waals surface area contributed by atoms with Crippen molar-refractivity contribution in [2.45, 2.75) is 6.92 Å². The van der Waals surface area contributed by atoms with E-state index in [9.17, 15) is 4.79 Å². The Morgan fingerprint density at radius 2 is 1.84 bits per heavy atom. The summed E-state index contributed by atoms with van der Waals surface area (Å²) in [5.41, 5.74) is 3.10. The van der Waals surface area contributed by atoms with Crippen LogP contribution in [-0.4, -0.2) is 31.9 Å². The molecule has 2 aromatic rings. The number of amidine groups is 2. The van der Waals surface area contributed by atoms with Crippen molar-refractivity contribution in [1.82, 2.24) is 9.99 Å². The van der Waals surface area contributed by atoms with Crippen molar-refractivity contribution in [3.8, 4) is 0 Å². The molecule has 0 radical (unpaired) electrons. The number of hydrogen-bond donors (Lipinski definition) is 1. The normalized spacial score (nSPS) is 18.3. The molecule has 3 heterocycles. The molecule has 1 amide bonds.